The van der Waals surface area contributed by atoms with Crippen molar-refractivity contribution in [1.29, 1.82) is 0 Å². The van der Waals surface area contributed by atoms with Gasteiger partial charge in [-0.1, -0.05) is 0 Å². The lowest BCUT2D eigenvalue weighted by molar-refractivity contribution is -0.142. The van der Waals surface area contributed by atoms with E-state index in [0.29, 0.717) is 0 Å². The Morgan fingerprint density at radius 1 is 1.09 bits per heavy atom. The number of carbonyl (C=O) groups is 4. The number of hydrogen-bond donors (Lipinski definition) is 3. The first-order valence-electron chi connectivity index (χ1n) is 6.01. The average molecular weight is 314 g/mol. The van der Waals surface area contributed by atoms with Crippen LogP contribution in [0.3, 0.4) is 0 Å². The summed E-state index contributed by atoms with van der Waals surface area (Å²) in [4.78, 5) is 44.8. The van der Waals surface area contributed by atoms with Crippen molar-refractivity contribution in [1.82, 2.24) is 5.32 Å². The molecule has 9 heteroatoms. The van der Waals surface area contributed by atoms with Gasteiger partial charge >= 0.3 is 17.8 Å². The molecule has 0 aliphatic carbocycles. The molecule has 0 saturated carbocycles. The number of aliphatic carboxylic acids is 1. The summed E-state index contributed by atoms with van der Waals surface area (Å²) in [6.45, 7) is -1.47. The molecule has 2 amide bonds. The standard InChI is InChI=1S/C13H12F2N2O5/c14-6-10(18)9(5-11(19)20)17-13(22)12(21)16-8-3-1-7(15)2-4-8/h1-4,9H,5-6H2,(H,16,21)(H,17,22)(H,19,20). The number of benzene rings is 1. The number of ketones is 1. The molecule has 3 N–H and O–H groups in total. The lowest BCUT2D eigenvalue weighted by atomic mass is 10.1. The molecule has 0 spiro atoms. The van der Waals surface area contributed by atoms with Crippen LogP contribution < -0.4 is 10.6 Å². The number of carboxylic acid groups (broad SMARTS) is 1. The lowest BCUT2D eigenvalue weighted by Crippen LogP contribution is -2.47. The van der Waals surface area contributed by atoms with E-state index >= 15 is 0 Å². The van der Waals surface area contributed by atoms with Crippen LogP contribution >= 0.6 is 0 Å². The van der Waals surface area contributed by atoms with E-state index in [1.54, 1.807) is 0 Å². The molecule has 0 aromatic heterocycles. The Bertz CT molecular complexity index is 589. The summed E-state index contributed by atoms with van der Waals surface area (Å²) in [5.74, 6) is -5.65. The van der Waals surface area contributed by atoms with Crippen molar-refractivity contribution < 1.29 is 33.1 Å². The number of carbonyl (C=O) groups excluding carboxylic acids is 3. The van der Waals surface area contributed by atoms with Crippen LogP contribution in [0, 0.1) is 5.82 Å². The first-order valence-corrected chi connectivity index (χ1v) is 6.01. The van der Waals surface area contributed by atoms with E-state index in [1.807, 2.05) is 5.32 Å². The quantitative estimate of drug-likeness (QED) is 0.652. The van der Waals surface area contributed by atoms with Gasteiger partial charge in [-0.05, 0) is 24.3 Å². The van der Waals surface area contributed by atoms with Crippen molar-refractivity contribution in [2.24, 2.45) is 0 Å². The van der Waals surface area contributed by atoms with Crippen LogP contribution in [0.5, 0.6) is 0 Å². The van der Waals surface area contributed by atoms with Gasteiger partial charge in [0.15, 0.2) is 5.78 Å². The van der Waals surface area contributed by atoms with E-state index in [1.165, 1.54) is 12.1 Å². The van der Waals surface area contributed by atoms with Crippen LogP contribution in [-0.4, -0.2) is 41.4 Å². The molecule has 0 aliphatic heterocycles. The fourth-order valence-electron chi connectivity index (χ4n) is 1.46. The van der Waals surface area contributed by atoms with Crippen molar-refractivity contribution in [3.8, 4) is 0 Å². The Labute approximate surface area is 123 Å². The van der Waals surface area contributed by atoms with Gasteiger partial charge in [0, 0.05) is 5.69 Å². The summed E-state index contributed by atoms with van der Waals surface area (Å²) in [7, 11) is 0. The molecule has 0 radical (unpaired) electrons. The van der Waals surface area contributed by atoms with E-state index in [2.05, 4.69) is 5.32 Å². The third-order valence-electron chi connectivity index (χ3n) is 2.51. The number of Topliss-reactive ketones (excluding diaryl/α,β-unsaturated/α-hetero) is 1. The van der Waals surface area contributed by atoms with E-state index in [0.717, 1.165) is 12.1 Å². The van der Waals surface area contributed by atoms with Crippen LogP contribution in [0.15, 0.2) is 24.3 Å². The number of nitrogens with one attached hydrogen (secondary N) is 2. The van der Waals surface area contributed by atoms with Crippen LogP contribution in [0.25, 0.3) is 0 Å². The number of anilines is 1. The van der Waals surface area contributed by atoms with Gasteiger partial charge in [0.1, 0.15) is 18.5 Å². The largest absolute Gasteiger partial charge is 0.481 e. The average Bonchev–Trinajstić information content (AvgIpc) is 2.47. The predicted molar refractivity (Wildman–Crippen MR) is 70.2 cm³/mol. The fraction of sp³-hybridized carbons (Fsp3) is 0.231. The molecule has 1 aromatic rings. The maximum absolute atomic E-state index is 12.7. The van der Waals surface area contributed by atoms with E-state index < -0.39 is 48.5 Å². The molecule has 1 atom stereocenters. The third kappa shape index (κ3) is 5.27. The maximum atomic E-state index is 12.7. The van der Waals surface area contributed by atoms with Crippen LogP contribution in [0.2, 0.25) is 0 Å². The highest BCUT2D eigenvalue weighted by Crippen LogP contribution is 2.08. The summed E-state index contributed by atoms with van der Waals surface area (Å²) < 4.78 is 25.0. The van der Waals surface area contributed by atoms with Gasteiger partial charge in [0.2, 0.25) is 0 Å². The molecule has 0 saturated heterocycles. The van der Waals surface area contributed by atoms with Gasteiger partial charge in [-0.2, -0.15) is 0 Å². The van der Waals surface area contributed by atoms with E-state index in [-0.39, 0.29) is 5.69 Å². The normalized spacial score (nSPS) is 11.4. The number of amides is 2. The Hall–Kier alpha value is -2.84. The number of halogens is 2. The molecule has 1 unspecified atom stereocenters. The first kappa shape index (κ1) is 17.2. The molecule has 118 valence electrons. The van der Waals surface area contributed by atoms with Crippen LogP contribution in [0.1, 0.15) is 6.42 Å². The van der Waals surface area contributed by atoms with Gasteiger partial charge in [0.25, 0.3) is 0 Å². The second-order valence-electron chi connectivity index (χ2n) is 4.18. The molecule has 22 heavy (non-hydrogen) atoms. The summed E-state index contributed by atoms with van der Waals surface area (Å²) in [6, 6.07) is 2.85. The zero-order chi connectivity index (χ0) is 16.7. The monoisotopic (exact) mass is 314 g/mol. The Morgan fingerprint density at radius 3 is 2.18 bits per heavy atom. The number of rotatable bonds is 6. The second kappa shape index (κ2) is 7.81. The SMILES string of the molecule is O=C(O)CC(NC(=O)C(=O)Nc1ccc(F)cc1)C(=O)CF. The minimum Gasteiger partial charge on any atom is -0.481 e. The van der Waals surface area contributed by atoms with Crippen molar-refractivity contribution in [3.63, 3.8) is 0 Å². The van der Waals surface area contributed by atoms with Crippen molar-refractivity contribution >= 4 is 29.3 Å². The summed E-state index contributed by atoms with van der Waals surface area (Å²) in [6.07, 6.45) is -0.849. The van der Waals surface area contributed by atoms with Crippen molar-refractivity contribution in [3.05, 3.63) is 30.1 Å². The summed E-state index contributed by atoms with van der Waals surface area (Å²) in [5.41, 5.74) is 0.119. The minimum absolute atomic E-state index is 0.119. The van der Waals surface area contributed by atoms with Crippen LogP contribution in [0.4, 0.5) is 14.5 Å². The van der Waals surface area contributed by atoms with Crippen molar-refractivity contribution in [2.75, 3.05) is 12.0 Å². The topological polar surface area (TPSA) is 113 Å². The summed E-state index contributed by atoms with van der Waals surface area (Å²) in [5, 5.41) is 12.5. The van der Waals surface area contributed by atoms with Gasteiger partial charge in [-0.15, -0.1) is 0 Å². The van der Waals surface area contributed by atoms with Crippen LogP contribution in [-0.2, 0) is 19.2 Å². The zero-order valence-corrected chi connectivity index (χ0v) is 11.1. The van der Waals surface area contributed by atoms with Gasteiger partial charge in [-0.25, -0.2) is 8.78 Å². The Morgan fingerprint density at radius 2 is 1.68 bits per heavy atom. The van der Waals surface area contributed by atoms with Gasteiger partial charge < -0.3 is 15.7 Å². The molecule has 1 aromatic carbocycles. The predicted octanol–water partition coefficient (Wildman–Crippen LogP) is 0.262. The molecule has 0 aliphatic rings. The number of alkyl halides is 1. The fourth-order valence-corrected chi connectivity index (χ4v) is 1.46. The lowest BCUT2D eigenvalue weighted by Gasteiger charge is -2.14. The van der Waals surface area contributed by atoms with Crippen molar-refractivity contribution in [2.45, 2.75) is 12.5 Å². The molecule has 0 bridgehead atoms. The second-order valence-corrected chi connectivity index (χ2v) is 4.18. The highest BCUT2D eigenvalue weighted by atomic mass is 19.1. The molecule has 0 fully saturated rings. The molecular formula is C13H12F2N2O5. The highest BCUT2D eigenvalue weighted by molar-refractivity contribution is 6.40. The highest BCUT2D eigenvalue weighted by Gasteiger charge is 2.26. The van der Waals surface area contributed by atoms with E-state index in [9.17, 15) is 28.0 Å². The Kier molecular flexibility index (Phi) is 6.11. The minimum atomic E-state index is -1.64. The molecular weight excluding hydrogens is 302 g/mol. The maximum Gasteiger partial charge on any atom is 0.313 e. The van der Waals surface area contributed by atoms with Gasteiger partial charge in [-0.3, -0.25) is 19.2 Å². The smallest absolute Gasteiger partial charge is 0.313 e. The molecule has 0 heterocycles. The molecule has 1 rings (SSSR count). The summed E-state index contributed by atoms with van der Waals surface area (Å²) >= 11 is 0. The third-order valence-corrected chi connectivity index (χ3v) is 2.51. The molecule has 7 nitrogen and oxygen atoms in total. The van der Waals surface area contributed by atoms with E-state index in [4.69, 9.17) is 5.11 Å². The zero-order valence-electron chi connectivity index (χ0n) is 11.1. The number of carboxylic acids is 1. The number of hydrogen-bond acceptors (Lipinski definition) is 4. The first-order chi connectivity index (χ1) is 10.3. The Balaban J connectivity index is 2.68. The van der Waals surface area contributed by atoms with Gasteiger partial charge in [0.05, 0.1) is 6.42 Å².